The van der Waals surface area contributed by atoms with E-state index in [1.165, 1.54) is 12.1 Å². The van der Waals surface area contributed by atoms with Gasteiger partial charge in [0.2, 0.25) is 5.91 Å². The van der Waals surface area contributed by atoms with Crippen molar-refractivity contribution in [1.29, 1.82) is 0 Å². The van der Waals surface area contributed by atoms with E-state index in [1.54, 1.807) is 19.2 Å². The minimum Gasteiger partial charge on any atom is -0.383 e. The second kappa shape index (κ2) is 5.36. The van der Waals surface area contributed by atoms with Gasteiger partial charge in [0, 0.05) is 25.8 Å². The van der Waals surface area contributed by atoms with Gasteiger partial charge in [0.1, 0.15) is 0 Å². The third-order valence-corrected chi connectivity index (χ3v) is 3.41. The van der Waals surface area contributed by atoms with Crippen LogP contribution in [0.25, 0.3) is 0 Å². The third-order valence-electron chi connectivity index (χ3n) is 3.41. The highest BCUT2D eigenvalue weighted by atomic mass is 16.6. The first-order valence-corrected chi connectivity index (χ1v) is 6.12. The zero-order valence-corrected chi connectivity index (χ0v) is 10.7. The van der Waals surface area contributed by atoms with Gasteiger partial charge in [-0.15, -0.1) is 0 Å². The number of non-ortho nitro benzene ring substituents is 1. The second-order valence-corrected chi connectivity index (χ2v) is 4.63. The molecule has 1 aliphatic rings. The van der Waals surface area contributed by atoms with Gasteiger partial charge in [-0.3, -0.25) is 14.9 Å². The lowest BCUT2D eigenvalue weighted by Gasteiger charge is -2.15. The molecule has 102 valence electrons. The molecule has 0 unspecified atom stereocenters. The van der Waals surface area contributed by atoms with Crippen molar-refractivity contribution in [3.05, 3.63) is 39.9 Å². The molecular weight excluding hydrogens is 248 g/mol. The van der Waals surface area contributed by atoms with Crippen LogP contribution in [0.3, 0.4) is 0 Å². The first-order chi connectivity index (χ1) is 9.10. The van der Waals surface area contributed by atoms with Crippen molar-refractivity contribution in [2.45, 2.75) is 18.3 Å². The molecule has 6 heteroatoms. The SMILES string of the molecule is COCCNC(=O)C1(c2ccc([N+](=O)[O-])cc2)CC1. The van der Waals surface area contributed by atoms with E-state index in [0.717, 1.165) is 18.4 Å². The van der Waals surface area contributed by atoms with Crippen LogP contribution >= 0.6 is 0 Å². The Kier molecular flexibility index (Phi) is 3.80. The zero-order valence-electron chi connectivity index (χ0n) is 10.7. The van der Waals surface area contributed by atoms with Crippen LogP contribution in [0.15, 0.2) is 24.3 Å². The highest BCUT2D eigenvalue weighted by Gasteiger charge is 2.51. The average Bonchev–Trinajstić information content (AvgIpc) is 3.20. The summed E-state index contributed by atoms with van der Waals surface area (Å²) in [6.07, 6.45) is 1.56. The number of rotatable bonds is 6. The van der Waals surface area contributed by atoms with Crippen molar-refractivity contribution >= 4 is 11.6 Å². The maximum absolute atomic E-state index is 12.1. The summed E-state index contributed by atoms with van der Waals surface area (Å²) < 4.78 is 4.88. The predicted molar refractivity (Wildman–Crippen MR) is 68.9 cm³/mol. The van der Waals surface area contributed by atoms with E-state index in [-0.39, 0.29) is 11.6 Å². The van der Waals surface area contributed by atoms with Crippen LogP contribution in [-0.4, -0.2) is 31.1 Å². The molecule has 6 nitrogen and oxygen atoms in total. The van der Waals surface area contributed by atoms with Gasteiger partial charge in [-0.2, -0.15) is 0 Å². The number of carbonyl (C=O) groups is 1. The van der Waals surface area contributed by atoms with E-state index in [4.69, 9.17) is 4.74 Å². The minimum absolute atomic E-state index is 0.0293. The Morgan fingerprint density at radius 2 is 2.05 bits per heavy atom. The number of nitro groups is 1. The summed E-state index contributed by atoms with van der Waals surface area (Å²) in [6, 6.07) is 6.22. The van der Waals surface area contributed by atoms with Crippen molar-refractivity contribution < 1.29 is 14.5 Å². The van der Waals surface area contributed by atoms with Crippen molar-refractivity contribution in [3.63, 3.8) is 0 Å². The quantitative estimate of drug-likeness (QED) is 0.478. The number of hydrogen-bond donors (Lipinski definition) is 1. The lowest BCUT2D eigenvalue weighted by Crippen LogP contribution is -2.36. The number of carbonyl (C=O) groups excluding carboxylic acids is 1. The summed E-state index contributed by atoms with van der Waals surface area (Å²) in [6.45, 7) is 0.951. The highest BCUT2D eigenvalue weighted by molar-refractivity contribution is 5.91. The minimum atomic E-state index is -0.497. The molecule has 1 N–H and O–H groups in total. The molecule has 1 amide bonds. The van der Waals surface area contributed by atoms with Gasteiger partial charge in [0.25, 0.3) is 5.69 Å². The molecule has 0 aliphatic heterocycles. The fourth-order valence-corrected chi connectivity index (χ4v) is 2.11. The van der Waals surface area contributed by atoms with Crippen LogP contribution in [0.5, 0.6) is 0 Å². The molecule has 19 heavy (non-hydrogen) atoms. The summed E-state index contributed by atoms with van der Waals surface area (Å²) in [5, 5.41) is 13.4. The Labute approximate surface area is 110 Å². The molecule has 1 aromatic rings. The standard InChI is InChI=1S/C13H16N2O4/c1-19-9-8-14-12(16)13(6-7-13)10-2-4-11(5-3-10)15(17)18/h2-5H,6-9H2,1H3,(H,14,16). The van der Waals surface area contributed by atoms with Crippen molar-refractivity contribution in [2.75, 3.05) is 20.3 Å². The number of nitrogens with zero attached hydrogens (tertiary/aromatic N) is 1. The lowest BCUT2D eigenvalue weighted by atomic mass is 9.95. The van der Waals surface area contributed by atoms with E-state index >= 15 is 0 Å². The Morgan fingerprint density at radius 3 is 2.53 bits per heavy atom. The Morgan fingerprint density at radius 1 is 1.42 bits per heavy atom. The molecule has 0 atom stereocenters. The Balaban J connectivity index is 2.07. The summed E-state index contributed by atoms with van der Waals surface area (Å²) in [5.74, 6) is -0.0293. The van der Waals surface area contributed by atoms with Gasteiger partial charge in [-0.05, 0) is 18.4 Å². The highest BCUT2D eigenvalue weighted by Crippen LogP contribution is 2.48. The van der Waals surface area contributed by atoms with Crippen molar-refractivity contribution in [3.8, 4) is 0 Å². The number of hydrogen-bond acceptors (Lipinski definition) is 4. The fourth-order valence-electron chi connectivity index (χ4n) is 2.11. The van der Waals surface area contributed by atoms with Crippen LogP contribution in [0.2, 0.25) is 0 Å². The van der Waals surface area contributed by atoms with Crippen LogP contribution in [0.4, 0.5) is 5.69 Å². The van der Waals surface area contributed by atoms with E-state index < -0.39 is 10.3 Å². The molecule has 0 aromatic heterocycles. The molecule has 0 heterocycles. The summed E-state index contributed by atoms with van der Waals surface area (Å²) in [5.41, 5.74) is 0.385. The molecule has 2 rings (SSSR count). The maximum atomic E-state index is 12.1. The van der Waals surface area contributed by atoms with Crippen LogP contribution in [-0.2, 0) is 14.9 Å². The number of amides is 1. The summed E-state index contributed by atoms with van der Waals surface area (Å²) in [4.78, 5) is 22.3. The molecule has 1 fully saturated rings. The molecule has 0 spiro atoms. The number of nitrogens with one attached hydrogen (secondary N) is 1. The summed E-state index contributed by atoms with van der Waals surface area (Å²) in [7, 11) is 1.58. The fraction of sp³-hybridized carbons (Fsp3) is 0.462. The monoisotopic (exact) mass is 264 g/mol. The van der Waals surface area contributed by atoms with Gasteiger partial charge >= 0.3 is 0 Å². The Bertz CT molecular complexity index is 480. The number of nitro benzene ring substituents is 1. The van der Waals surface area contributed by atoms with Gasteiger partial charge in [-0.25, -0.2) is 0 Å². The second-order valence-electron chi connectivity index (χ2n) is 4.63. The number of ether oxygens (including phenoxy) is 1. The largest absolute Gasteiger partial charge is 0.383 e. The molecule has 0 saturated heterocycles. The summed E-state index contributed by atoms with van der Waals surface area (Å²) >= 11 is 0. The third kappa shape index (κ3) is 2.73. The van der Waals surface area contributed by atoms with Crippen molar-refractivity contribution in [2.24, 2.45) is 0 Å². The Hall–Kier alpha value is -1.95. The molecule has 0 radical (unpaired) electrons. The van der Waals surface area contributed by atoms with Gasteiger partial charge < -0.3 is 10.1 Å². The van der Waals surface area contributed by atoms with Crippen LogP contribution in [0.1, 0.15) is 18.4 Å². The van der Waals surface area contributed by atoms with Gasteiger partial charge in [-0.1, -0.05) is 12.1 Å². The topological polar surface area (TPSA) is 81.5 Å². The first-order valence-electron chi connectivity index (χ1n) is 6.12. The predicted octanol–water partition coefficient (Wildman–Crippen LogP) is 1.39. The average molecular weight is 264 g/mol. The molecule has 1 aromatic carbocycles. The normalized spacial score (nSPS) is 15.8. The van der Waals surface area contributed by atoms with Crippen molar-refractivity contribution in [1.82, 2.24) is 5.32 Å². The van der Waals surface area contributed by atoms with Gasteiger partial charge in [0.15, 0.2) is 0 Å². The van der Waals surface area contributed by atoms with Crippen LogP contribution in [0, 0.1) is 10.1 Å². The van der Waals surface area contributed by atoms with E-state index in [2.05, 4.69) is 5.32 Å². The molecular formula is C13H16N2O4. The van der Waals surface area contributed by atoms with Crippen LogP contribution < -0.4 is 5.32 Å². The molecule has 1 saturated carbocycles. The molecule has 0 bridgehead atoms. The molecule has 1 aliphatic carbocycles. The maximum Gasteiger partial charge on any atom is 0.269 e. The van der Waals surface area contributed by atoms with E-state index in [9.17, 15) is 14.9 Å². The van der Waals surface area contributed by atoms with E-state index in [1.807, 2.05) is 0 Å². The number of benzene rings is 1. The number of methoxy groups -OCH3 is 1. The zero-order chi connectivity index (χ0) is 13.9. The van der Waals surface area contributed by atoms with Gasteiger partial charge in [0.05, 0.1) is 16.9 Å². The smallest absolute Gasteiger partial charge is 0.269 e. The van der Waals surface area contributed by atoms with E-state index in [0.29, 0.717) is 13.2 Å². The lowest BCUT2D eigenvalue weighted by molar-refractivity contribution is -0.384. The first kappa shape index (κ1) is 13.5.